The van der Waals surface area contributed by atoms with Crippen molar-refractivity contribution in [2.24, 2.45) is 0 Å². The molecule has 0 saturated carbocycles. The van der Waals surface area contributed by atoms with E-state index in [1.165, 1.54) is 112 Å². The number of benzene rings is 9. The van der Waals surface area contributed by atoms with E-state index in [0.29, 0.717) is 0 Å². The second-order valence-corrected chi connectivity index (χ2v) is 17.4. The predicted octanol–water partition coefficient (Wildman–Crippen LogP) is 16.0. The van der Waals surface area contributed by atoms with Gasteiger partial charge in [0.1, 0.15) is 0 Å². The average Bonchev–Trinajstić information content (AvgIpc) is 4.04. The van der Waals surface area contributed by atoms with Crippen LogP contribution in [0.25, 0.3) is 118 Å². The molecule has 0 aliphatic rings. The number of nitrogens with zero attached hydrogens (tertiary/aromatic N) is 2. The fraction of sp³-hybridized carbons (Fsp3) is 0. The Hall–Kier alpha value is -6.98. The monoisotopic (exact) mass is 772 g/mol. The van der Waals surface area contributed by atoms with Gasteiger partial charge in [-0.2, -0.15) is 0 Å². The molecule has 13 aromatic rings. The van der Waals surface area contributed by atoms with E-state index in [4.69, 9.17) is 0 Å². The van der Waals surface area contributed by atoms with Crippen LogP contribution in [0.2, 0.25) is 0 Å². The highest BCUT2D eigenvalue weighted by molar-refractivity contribution is 7.27. The van der Waals surface area contributed by atoms with Gasteiger partial charge in [-0.1, -0.05) is 127 Å². The molecule has 0 aliphatic heterocycles. The number of hydrogen-bond acceptors (Lipinski definition) is 2. The number of thiophene rings is 2. The Labute approximate surface area is 341 Å². The van der Waals surface area contributed by atoms with E-state index in [2.05, 4.69) is 203 Å². The summed E-state index contributed by atoms with van der Waals surface area (Å²) >= 11 is 3.80. The Kier molecular flexibility index (Phi) is 6.79. The van der Waals surface area contributed by atoms with E-state index < -0.39 is 0 Å². The Bertz CT molecular complexity index is 3800. The molecular formula is C54H32N2S2. The van der Waals surface area contributed by atoms with Gasteiger partial charge in [0.15, 0.2) is 0 Å². The maximum absolute atomic E-state index is 2.45. The van der Waals surface area contributed by atoms with E-state index in [9.17, 15) is 0 Å². The summed E-state index contributed by atoms with van der Waals surface area (Å²) in [4.78, 5) is 0. The number of rotatable bonds is 4. The minimum atomic E-state index is 1.16. The minimum Gasteiger partial charge on any atom is -0.309 e. The van der Waals surface area contributed by atoms with E-state index in [0.717, 1.165) is 5.69 Å². The fourth-order valence-corrected chi connectivity index (χ4v) is 12.1. The van der Waals surface area contributed by atoms with Crippen molar-refractivity contribution in [2.75, 3.05) is 0 Å². The van der Waals surface area contributed by atoms with Crippen molar-refractivity contribution >= 4 is 107 Å². The highest BCUT2D eigenvalue weighted by Crippen LogP contribution is 2.45. The average molecular weight is 773 g/mol. The second kappa shape index (κ2) is 12.3. The van der Waals surface area contributed by atoms with Gasteiger partial charge in [-0.3, -0.25) is 0 Å². The molecule has 0 aliphatic carbocycles. The Morgan fingerprint density at radius 1 is 0.276 bits per heavy atom. The van der Waals surface area contributed by atoms with Crippen LogP contribution in [0.4, 0.5) is 0 Å². The summed E-state index contributed by atoms with van der Waals surface area (Å²) in [5.41, 5.74) is 12.1. The van der Waals surface area contributed by atoms with Gasteiger partial charge in [0, 0.05) is 73.3 Å². The maximum atomic E-state index is 2.45. The van der Waals surface area contributed by atoms with Crippen molar-refractivity contribution in [3.63, 3.8) is 0 Å². The molecule has 270 valence electrons. The normalized spacial score (nSPS) is 12.1. The summed E-state index contributed by atoms with van der Waals surface area (Å²) in [5.74, 6) is 0. The van der Waals surface area contributed by atoms with E-state index in [1.54, 1.807) is 0 Å². The highest BCUT2D eigenvalue weighted by atomic mass is 32.1. The summed E-state index contributed by atoms with van der Waals surface area (Å²) in [7, 11) is 0. The lowest BCUT2D eigenvalue weighted by atomic mass is 9.98. The summed E-state index contributed by atoms with van der Waals surface area (Å²) in [6.07, 6.45) is 0. The standard InChI is InChI=1S/C54H32N2S2/c1-5-19-45-43(17-1)51-47(29-27-41-39-15-3-7-21-49(39)57-53(41)51)55(45)37-25-23-33(24-26-37)34-11-9-12-35(31-34)36-13-10-14-38(32-36)56-46-20-6-2-18-44(46)52-48(56)30-28-42-40-16-4-8-22-50(40)58-54(42)52/h1-32H. The van der Waals surface area contributed by atoms with Crippen molar-refractivity contribution in [3.8, 4) is 33.6 Å². The molecule has 13 rings (SSSR count). The lowest BCUT2D eigenvalue weighted by Gasteiger charge is -2.12. The van der Waals surface area contributed by atoms with Crippen LogP contribution in [0, 0.1) is 0 Å². The van der Waals surface area contributed by atoms with Crippen LogP contribution in [0.3, 0.4) is 0 Å². The summed E-state index contributed by atoms with van der Waals surface area (Å²) in [6.45, 7) is 0. The SMILES string of the molecule is c1cc(-c2ccc(-n3c4ccccc4c4c5sc6ccccc6c5ccc43)cc2)cc(-c2cccc(-n3c4ccccc4c4c5sc6ccccc6c5ccc43)c2)c1. The Morgan fingerprint density at radius 3 is 1.33 bits per heavy atom. The molecule has 0 radical (unpaired) electrons. The molecule has 2 nitrogen and oxygen atoms in total. The van der Waals surface area contributed by atoms with Crippen molar-refractivity contribution in [1.82, 2.24) is 9.13 Å². The van der Waals surface area contributed by atoms with E-state index in [1.807, 2.05) is 22.7 Å². The molecule has 0 saturated heterocycles. The van der Waals surface area contributed by atoms with Gasteiger partial charge in [-0.05, 0) is 89.0 Å². The lowest BCUT2D eigenvalue weighted by Crippen LogP contribution is -1.94. The van der Waals surface area contributed by atoms with Gasteiger partial charge in [-0.15, -0.1) is 22.7 Å². The molecule has 0 amide bonds. The Balaban J connectivity index is 0.898. The van der Waals surface area contributed by atoms with Crippen molar-refractivity contribution in [3.05, 3.63) is 194 Å². The number of fused-ring (bicyclic) bond motifs is 14. The van der Waals surface area contributed by atoms with Crippen LogP contribution in [0.1, 0.15) is 0 Å². The summed E-state index contributed by atoms with van der Waals surface area (Å²) < 4.78 is 10.3. The molecular weight excluding hydrogens is 741 g/mol. The van der Waals surface area contributed by atoms with E-state index in [-0.39, 0.29) is 0 Å². The largest absolute Gasteiger partial charge is 0.309 e. The van der Waals surface area contributed by atoms with Crippen molar-refractivity contribution < 1.29 is 0 Å². The molecule has 4 heteroatoms. The molecule has 4 aromatic heterocycles. The molecule has 58 heavy (non-hydrogen) atoms. The third-order valence-electron chi connectivity index (χ3n) is 12.1. The second-order valence-electron chi connectivity index (χ2n) is 15.3. The van der Waals surface area contributed by atoms with Crippen LogP contribution in [-0.2, 0) is 0 Å². The van der Waals surface area contributed by atoms with Gasteiger partial charge in [0.2, 0.25) is 0 Å². The first-order valence-electron chi connectivity index (χ1n) is 19.8. The highest BCUT2D eigenvalue weighted by Gasteiger charge is 2.19. The Morgan fingerprint density at radius 2 is 0.741 bits per heavy atom. The van der Waals surface area contributed by atoms with Gasteiger partial charge >= 0.3 is 0 Å². The van der Waals surface area contributed by atoms with Crippen LogP contribution in [0.5, 0.6) is 0 Å². The fourth-order valence-electron chi connectivity index (χ4n) is 9.53. The zero-order valence-electron chi connectivity index (χ0n) is 31.2. The molecule has 0 fully saturated rings. The van der Waals surface area contributed by atoms with Gasteiger partial charge in [0.25, 0.3) is 0 Å². The molecule has 0 spiro atoms. The quantitative estimate of drug-likeness (QED) is 0.169. The number of para-hydroxylation sites is 2. The molecule has 4 heterocycles. The molecule has 0 N–H and O–H groups in total. The number of aromatic nitrogens is 2. The molecule has 0 bridgehead atoms. The first-order valence-corrected chi connectivity index (χ1v) is 21.4. The van der Waals surface area contributed by atoms with Gasteiger partial charge in [-0.25, -0.2) is 0 Å². The zero-order valence-corrected chi connectivity index (χ0v) is 32.8. The molecule has 0 unspecified atom stereocenters. The number of hydrogen-bond donors (Lipinski definition) is 0. The van der Waals surface area contributed by atoms with Gasteiger partial charge in [0.05, 0.1) is 22.1 Å². The molecule has 0 atom stereocenters. The smallest absolute Gasteiger partial charge is 0.0555 e. The minimum absolute atomic E-state index is 1.16. The first-order chi connectivity index (χ1) is 28.8. The van der Waals surface area contributed by atoms with Crippen LogP contribution < -0.4 is 0 Å². The zero-order chi connectivity index (χ0) is 37.9. The first kappa shape index (κ1) is 32.1. The topological polar surface area (TPSA) is 9.86 Å². The third-order valence-corrected chi connectivity index (χ3v) is 14.5. The van der Waals surface area contributed by atoms with Crippen LogP contribution in [-0.4, -0.2) is 9.13 Å². The molecule has 9 aromatic carbocycles. The van der Waals surface area contributed by atoms with Crippen LogP contribution in [0.15, 0.2) is 194 Å². The maximum Gasteiger partial charge on any atom is 0.0555 e. The summed E-state index contributed by atoms with van der Waals surface area (Å²) in [6, 6.07) is 71.6. The third kappa shape index (κ3) is 4.58. The predicted molar refractivity (Wildman–Crippen MR) is 252 cm³/mol. The van der Waals surface area contributed by atoms with Crippen LogP contribution >= 0.6 is 22.7 Å². The summed E-state index contributed by atoms with van der Waals surface area (Å²) in [5, 5.41) is 10.6. The van der Waals surface area contributed by atoms with Gasteiger partial charge < -0.3 is 9.13 Å². The van der Waals surface area contributed by atoms with Crippen molar-refractivity contribution in [1.29, 1.82) is 0 Å². The van der Waals surface area contributed by atoms with E-state index >= 15 is 0 Å². The lowest BCUT2D eigenvalue weighted by molar-refractivity contribution is 1.18. The van der Waals surface area contributed by atoms with Crippen molar-refractivity contribution in [2.45, 2.75) is 0 Å².